The molecule has 2 saturated heterocycles. The fourth-order valence-corrected chi connectivity index (χ4v) is 4.07. The van der Waals surface area contributed by atoms with E-state index in [0.717, 1.165) is 45.2 Å². The summed E-state index contributed by atoms with van der Waals surface area (Å²) >= 11 is 1.70. The first-order valence-electron chi connectivity index (χ1n) is 8.07. The fraction of sp³-hybridized carbons (Fsp3) is 0.625. The van der Waals surface area contributed by atoms with Gasteiger partial charge in [-0.25, -0.2) is 0 Å². The van der Waals surface area contributed by atoms with Gasteiger partial charge in [0.15, 0.2) is 0 Å². The van der Waals surface area contributed by atoms with E-state index < -0.39 is 0 Å². The van der Waals surface area contributed by atoms with Gasteiger partial charge in [0.1, 0.15) is 6.04 Å². The summed E-state index contributed by atoms with van der Waals surface area (Å²) in [4.78, 5) is 26.4. The summed E-state index contributed by atoms with van der Waals surface area (Å²) in [5.41, 5.74) is 1.31. The molecule has 2 aliphatic heterocycles. The minimum atomic E-state index is -0.364. The fourth-order valence-electron chi connectivity index (χ4n) is 3.36. The summed E-state index contributed by atoms with van der Waals surface area (Å²) in [6, 6.07) is 2.13. The molecular formula is C16H23N3O2S. The number of rotatable bonds is 4. The Balaban J connectivity index is 1.55. The molecule has 0 spiro atoms. The average molecular weight is 321 g/mol. The molecule has 6 heteroatoms. The van der Waals surface area contributed by atoms with Crippen molar-refractivity contribution in [2.75, 3.05) is 19.6 Å². The van der Waals surface area contributed by atoms with Gasteiger partial charge in [-0.1, -0.05) is 0 Å². The average Bonchev–Trinajstić information content (AvgIpc) is 3.12. The molecular weight excluding hydrogens is 298 g/mol. The lowest BCUT2D eigenvalue weighted by Gasteiger charge is -2.24. The van der Waals surface area contributed by atoms with Crippen LogP contribution in [0.3, 0.4) is 0 Å². The number of hydrogen-bond donors (Lipinski definition) is 2. The summed E-state index contributed by atoms with van der Waals surface area (Å²) in [5.74, 6) is -0.0779. The first-order valence-corrected chi connectivity index (χ1v) is 9.01. The van der Waals surface area contributed by atoms with E-state index in [4.69, 9.17) is 0 Å². The van der Waals surface area contributed by atoms with Crippen molar-refractivity contribution in [3.05, 3.63) is 22.4 Å². The maximum atomic E-state index is 12.3. The van der Waals surface area contributed by atoms with Crippen LogP contribution in [0.5, 0.6) is 0 Å². The van der Waals surface area contributed by atoms with Crippen LogP contribution >= 0.6 is 11.3 Å². The molecule has 0 bridgehead atoms. The molecule has 0 aliphatic carbocycles. The second-order valence-electron chi connectivity index (χ2n) is 6.09. The van der Waals surface area contributed by atoms with Crippen molar-refractivity contribution >= 4 is 23.2 Å². The lowest BCUT2D eigenvalue weighted by Crippen LogP contribution is -2.48. The number of amides is 2. The molecule has 22 heavy (non-hydrogen) atoms. The standard InChI is InChI=1S/C16H23N3O2S/c20-15(18-13-4-1-2-7-17-16(13)21)10-19-8-3-5-14(19)12-6-9-22-11-12/h6,9,11,13-14H,1-5,7-8,10H2,(H,17,21)(H,18,20)/t13-,14+/m1/s1. The van der Waals surface area contributed by atoms with Crippen LogP contribution in [-0.2, 0) is 9.59 Å². The van der Waals surface area contributed by atoms with Crippen molar-refractivity contribution in [1.82, 2.24) is 15.5 Å². The molecule has 2 N–H and O–H groups in total. The Labute approximate surface area is 135 Å². The van der Waals surface area contributed by atoms with Crippen molar-refractivity contribution in [3.8, 4) is 0 Å². The van der Waals surface area contributed by atoms with E-state index in [0.29, 0.717) is 12.6 Å². The van der Waals surface area contributed by atoms with Crippen LogP contribution in [0.25, 0.3) is 0 Å². The monoisotopic (exact) mass is 321 g/mol. The third kappa shape index (κ3) is 3.67. The zero-order valence-corrected chi connectivity index (χ0v) is 13.5. The van der Waals surface area contributed by atoms with Gasteiger partial charge in [-0.05, 0) is 61.0 Å². The van der Waals surface area contributed by atoms with E-state index in [1.165, 1.54) is 5.56 Å². The predicted molar refractivity (Wildman–Crippen MR) is 86.7 cm³/mol. The van der Waals surface area contributed by atoms with E-state index in [-0.39, 0.29) is 17.9 Å². The minimum Gasteiger partial charge on any atom is -0.354 e. The molecule has 2 atom stereocenters. The number of likely N-dealkylation sites (tertiary alicyclic amines) is 1. The highest BCUT2D eigenvalue weighted by molar-refractivity contribution is 7.07. The van der Waals surface area contributed by atoms with Gasteiger partial charge >= 0.3 is 0 Å². The summed E-state index contributed by atoms with van der Waals surface area (Å²) in [6.07, 6.45) is 4.94. The number of carbonyl (C=O) groups is 2. The van der Waals surface area contributed by atoms with Gasteiger partial charge in [0, 0.05) is 12.6 Å². The Morgan fingerprint density at radius 3 is 3.09 bits per heavy atom. The summed E-state index contributed by atoms with van der Waals surface area (Å²) < 4.78 is 0. The Bertz CT molecular complexity index is 517. The Morgan fingerprint density at radius 1 is 1.36 bits per heavy atom. The topological polar surface area (TPSA) is 61.4 Å². The van der Waals surface area contributed by atoms with E-state index in [1.807, 2.05) is 0 Å². The molecule has 2 fully saturated rings. The smallest absolute Gasteiger partial charge is 0.242 e. The number of thiophene rings is 1. The Hall–Kier alpha value is -1.40. The third-order valence-corrected chi connectivity index (χ3v) is 5.21. The van der Waals surface area contributed by atoms with Crippen molar-refractivity contribution < 1.29 is 9.59 Å². The molecule has 120 valence electrons. The number of nitrogens with zero attached hydrogens (tertiary/aromatic N) is 1. The van der Waals surface area contributed by atoms with E-state index in [1.54, 1.807) is 11.3 Å². The number of nitrogens with one attached hydrogen (secondary N) is 2. The zero-order valence-electron chi connectivity index (χ0n) is 12.7. The molecule has 1 aromatic heterocycles. The maximum absolute atomic E-state index is 12.3. The molecule has 2 amide bonds. The lowest BCUT2D eigenvalue weighted by molar-refractivity contribution is -0.129. The zero-order chi connectivity index (χ0) is 15.4. The largest absolute Gasteiger partial charge is 0.354 e. The highest BCUT2D eigenvalue weighted by Gasteiger charge is 2.29. The van der Waals surface area contributed by atoms with Crippen LogP contribution in [-0.4, -0.2) is 42.4 Å². The van der Waals surface area contributed by atoms with E-state index in [2.05, 4.69) is 32.4 Å². The summed E-state index contributed by atoms with van der Waals surface area (Å²) in [5, 5.41) is 10.0. The van der Waals surface area contributed by atoms with Gasteiger partial charge in [0.2, 0.25) is 11.8 Å². The van der Waals surface area contributed by atoms with E-state index in [9.17, 15) is 9.59 Å². The second-order valence-corrected chi connectivity index (χ2v) is 6.87. The van der Waals surface area contributed by atoms with Gasteiger partial charge < -0.3 is 10.6 Å². The van der Waals surface area contributed by atoms with Crippen molar-refractivity contribution in [1.29, 1.82) is 0 Å². The van der Waals surface area contributed by atoms with E-state index >= 15 is 0 Å². The van der Waals surface area contributed by atoms with Crippen LogP contribution in [0.15, 0.2) is 16.8 Å². The highest BCUT2D eigenvalue weighted by Crippen LogP contribution is 2.32. The molecule has 5 nitrogen and oxygen atoms in total. The molecule has 2 aliphatic rings. The Kier molecular flexibility index (Phi) is 5.10. The van der Waals surface area contributed by atoms with Crippen molar-refractivity contribution in [3.63, 3.8) is 0 Å². The van der Waals surface area contributed by atoms with Crippen LogP contribution < -0.4 is 10.6 Å². The summed E-state index contributed by atoms with van der Waals surface area (Å²) in [7, 11) is 0. The molecule has 0 aromatic carbocycles. The SMILES string of the molecule is O=C(CN1CCC[C@H]1c1ccsc1)N[C@@H]1CCCCNC1=O. The van der Waals surface area contributed by atoms with Crippen molar-refractivity contribution in [2.24, 2.45) is 0 Å². The van der Waals surface area contributed by atoms with Crippen LogP contribution in [0.1, 0.15) is 43.7 Å². The number of carbonyl (C=O) groups excluding carboxylic acids is 2. The molecule has 1 aromatic rings. The van der Waals surface area contributed by atoms with Gasteiger partial charge in [-0.15, -0.1) is 0 Å². The lowest BCUT2D eigenvalue weighted by atomic mass is 10.1. The number of hydrogen-bond acceptors (Lipinski definition) is 4. The normalized spacial score (nSPS) is 26.5. The van der Waals surface area contributed by atoms with Gasteiger partial charge in [0.05, 0.1) is 6.54 Å². The van der Waals surface area contributed by atoms with Gasteiger partial charge in [-0.2, -0.15) is 11.3 Å². The predicted octanol–water partition coefficient (Wildman–Crippen LogP) is 1.67. The second kappa shape index (κ2) is 7.24. The van der Waals surface area contributed by atoms with Crippen LogP contribution in [0, 0.1) is 0 Å². The first-order chi connectivity index (χ1) is 10.7. The molecule has 3 rings (SSSR count). The minimum absolute atomic E-state index is 0.0378. The molecule has 0 unspecified atom stereocenters. The molecule has 0 saturated carbocycles. The highest BCUT2D eigenvalue weighted by atomic mass is 32.1. The van der Waals surface area contributed by atoms with Crippen LogP contribution in [0.4, 0.5) is 0 Å². The Morgan fingerprint density at radius 2 is 2.27 bits per heavy atom. The molecule has 0 radical (unpaired) electrons. The third-order valence-electron chi connectivity index (χ3n) is 4.51. The van der Waals surface area contributed by atoms with Gasteiger partial charge in [0.25, 0.3) is 0 Å². The van der Waals surface area contributed by atoms with Gasteiger partial charge in [-0.3, -0.25) is 14.5 Å². The maximum Gasteiger partial charge on any atom is 0.242 e. The van der Waals surface area contributed by atoms with Crippen molar-refractivity contribution in [2.45, 2.75) is 44.2 Å². The quantitative estimate of drug-likeness (QED) is 0.887. The molecule has 3 heterocycles. The first kappa shape index (κ1) is 15.5. The summed E-state index contributed by atoms with van der Waals surface area (Å²) in [6.45, 7) is 2.05. The van der Waals surface area contributed by atoms with Crippen LogP contribution in [0.2, 0.25) is 0 Å².